The average Bonchev–Trinajstić information content (AvgIpc) is 2.52. The molecule has 0 aromatic heterocycles. The third kappa shape index (κ3) is 2.74. The predicted molar refractivity (Wildman–Crippen MR) is 87.0 cm³/mol. The molecule has 2 N–H and O–H groups in total. The number of nitrogens with two attached hydrogens (primary N) is 1. The Balaban J connectivity index is 1.59. The molecule has 4 heteroatoms. The zero-order chi connectivity index (χ0) is 14.9. The summed E-state index contributed by atoms with van der Waals surface area (Å²) in [5, 5.41) is 0. The van der Waals surface area contributed by atoms with Crippen LogP contribution in [0, 0.1) is 5.92 Å². The van der Waals surface area contributed by atoms with E-state index in [2.05, 4.69) is 28.9 Å². The lowest BCUT2D eigenvalue weighted by molar-refractivity contribution is -0.0158. The van der Waals surface area contributed by atoms with Crippen LogP contribution in [0.4, 0.5) is 5.69 Å². The lowest BCUT2D eigenvalue weighted by atomic mass is 9.68. The van der Waals surface area contributed by atoms with E-state index in [0.29, 0.717) is 5.54 Å². The highest BCUT2D eigenvalue weighted by Crippen LogP contribution is 2.42. The van der Waals surface area contributed by atoms with Crippen molar-refractivity contribution in [3.05, 3.63) is 24.3 Å². The summed E-state index contributed by atoms with van der Waals surface area (Å²) >= 11 is 0. The van der Waals surface area contributed by atoms with Crippen molar-refractivity contribution in [2.75, 3.05) is 44.7 Å². The molecule has 0 bridgehead atoms. The van der Waals surface area contributed by atoms with Gasteiger partial charge < -0.3 is 15.4 Å². The minimum absolute atomic E-state index is 0.297. The van der Waals surface area contributed by atoms with Crippen LogP contribution in [0.3, 0.4) is 0 Å². The molecule has 1 saturated carbocycles. The van der Waals surface area contributed by atoms with Crippen LogP contribution in [-0.2, 0) is 0 Å². The lowest BCUT2D eigenvalue weighted by Gasteiger charge is -2.55. The molecule has 0 radical (unpaired) electrons. The van der Waals surface area contributed by atoms with E-state index in [1.54, 1.807) is 7.11 Å². The topological polar surface area (TPSA) is 41.7 Å². The molecule has 2 fully saturated rings. The summed E-state index contributed by atoms with van der Waals surface area (Å²) in [5.41, 5.74) is 7.66. The summed E-state index contributed by atoms with van der Waals surface area (Å²) in [6.07, 6.45) is 2.54. The summed E-state index contributed by atoms with van der Waals surface area (Å²) in [6, 6.07) is 8.38. The molecule has 0 spiro atoms. The van der Waals surface area contributed by atoms with E-state index in [1.165, 1.54) is 18.5 Å². The Morgan fingerprint density at radius 1 is 1.14 bits per heavy atom. The highest BCUT2D eigenvalue weighted by atomic mass is 16.5. The summed E-state index contributed by atoms with van der Waals surface area (Å²) in [6.45, 7) is 7.55. The van der Waals surface area contributed by atoms with Crippen molar-refractivity contribution in [1.29, 1.82) is 0 Å². The molecule has 1 aromatic rings. The second-order valence-electron chi connectivity index (χ2n) is 6.61. The molecular formula is C17H27N3O. The first-order valence-electron chi connectivity index (χ1n) is 8.01. The second kappa shape index (κ2) is 5.85. The van der Waals surface area contributed by atoms with E-state index in [0.717, 1.165) is 44.4 Å². The number of nitrogens with zero attached hydrogens (tertiary/aromatic N) is 2. The lowest BCUT2D eigenvalue weighted by Crippen LogP contribution is -2.65. The molecular weight excluding hydrogens is 262 g/mol. The number of hydrogen-bond donors (Lipinski definition) is 1. The summed E-state index contributed by atoms with van der Waals surface area (Å²) < 4.78 is 5.22. The van der Waals surface area contributed by atoms with Gasteiger partial charge in [0.2, 0.25) is 0 Å². The van der Waals surface area contributed by atoms with Gasteiger partial charge in [-0.3, -0.25) is 4.90 Å². The zero-order valence-electron chi connectivity index (χ0n) is 13.2. The molecule has 0 amide bonds. The van der Waals surface area contributed by atoms with Crippen molar-refractivity contribution in [3.63, 3.8) is 0 Å². The molecule has 2 aliphatic rings. The number of piperazine rings is 1. The summed E-state index contributed by atoms with van der Waals surface area (Å²) in [5.74, 6) is 1.76. The number of anilines is 1. The monoisotopic (exact) mass is 289 g/mol. The SMILES string of the molecule is COc1ccc(N2CCN(C3(CN)CC(C)C3)CC2)cc1. The fourth-order valence-corrected chi connectivity index (χ4v) is 4.02. The van der Waals surface area contributed by atoms with Crippen LogP contribution in [0.5, 0.6) is 5.75 Å². The predicted octanol–water partition coefficient (Wildman–Crippen LogP) is 1.94. The largest absolute Gasteiger partial charge is 0.497 e. The first-order chi connectivity index (χ1) is 10.2. The highest BCUT2D eigenvalue weighted by molar-refractivity contribution is 5.49. The van der Waals surface area contributed by atoms with Crippen LogP contribution in [-0.4, -0.2) is 50.3 Å². The van der Waals surface area contributed by atoms with Gasteiger partial charge in [-0.25, -0.2) is 0 Å². The molecule has 0 atom stereocenters. The van der Waals surface area contributed by atoms with Gasteiger partial charge in [0.25, 0.3) is 0 Å². The van der Waals surface area contributed by atoms with Crippen LogP contribution in [0.25, 0.3) is 0 Å². The van der Waals surface area contributed by atoms with Crippen LogP contribution < -0.4 is 15.4 Å². The minimum atomic E-state index is 0.297. The van der Waals surface area contributed by atoms with Crippen molar-refractivity contribution < 1.29 is 4.74 Å². The van der Waals surface area contributed by atoms with Crippen molar-refractivity contribution in [2.24, 2.45) is 11.7 Å². The first kappa shape index (κ1) is 14.7. The second-order valence-corrected chi connectivity index (χ2v) is 6.61. The van der Waals surface area contributed by atoms with E-state index in [9.17, 15) is 0 Å². The Bertz CT molecular complexity index is 459. The number of rotatable bonds is 4. The fourth-order valence-electron chi connectivity index (χ4n) is 4.02. The van der Waals surface area contributed by atoms with Crippen molar-refractivity contribution in [2.45, 2.75) is 25.3 Å². The molecule has 1 aromatic carbocycles. The Hall–Kier alpha value is -1.26. The molecule has 1 aliphatic carbocycles. The number of hydrogen-bond acceptors (Lipinski definition) is 4. The van der Waals surface area contributed by atoms with E-state index in [4.69, 9.17) is 10.5 Å². The standard InChI is InChI=1S/C17H27N3O/c1-14-11-17(12-14,13-18)20-9-7-19(8-10-20)15-3-5-16(21-2)6-4-15/h3-6,14H,7-13,18H2,1-2H3. The van der Waals surface area contributed by atoms with Crippen LogP contribution >= 0.6 is 0 Å². The van der Waals surface area contributed by atoms with Crippen LogP contribution in [0.1, 0.15) is 19.8 Å². The molecule has 3 rings (SSSR count). The Labute approximate surface area is 127 Å². The maximum absolute atomic E-state index is 6.07. The highest BCUT2D eigenvalue weighted by Gasteiger charge is 2.46. The molecule has 1 saturated heterocycles. The first-order valence-corrected chi connectivity index (χ1v) is 8.01. The van der Waals surface area contributed by atoms with E-state index in [1.807, 2.05) is 12.1 Å². The summed E-state index contributed by atoms with van der Waals surface area (Å²) in [7, 11) is 1.71. The Morgan fingerprint density at radius 3 is 2.24 bits per heavy atom. The summed E-state index contributed by atoms with van der Waals surface area (Å²) in [4.78, 5) is 5.09. The molecule has 4 nitrogen and oxygen atoms in total. The van der Waals surface area contributed by atoms with E-state index < -0.39 is 0 Å². The van der Waals surface area contributed by atoms with Gasteiger partial charge >= 0.3 is 0 Å². The van der Waals surface area contributed by atoms with Gasteiger partial charge in [-0.15, -0.1) is 0 Å². The van der Waals surface area contributed by atoms with Gasteiger partial charge in [0.1, 0.15) is 5.75 Å². The van der Waals surface area contributed by atoms with Gasteiger partial charge in [-0.2, -0.15) is 0 Å². The van der Waals surface area contributed by atoms with Gasteiger partial charge in [-0.1, -0.05) is 6.92 Å². The van der Waals surface area contributed by atoms with Gasteiger partial charge in [0.05, 0.1) is 7.11 Å². The Kier molecular flexibility index (Phi) is 4.09. The zero-order valence-corrected chi connectivity index (χ0v) is 13.2. The van der Waals surface area contributed by atoms with E-state index >= 15 is 0 Å². The molecule has 1 aliphatic heterocycles. The van der Waals surface area contributed by atoms with Gasteiger partial charge in [-0.05, 0) is 43.0 Å². The van der Waals surface area contributed by atoms with Crippen molar-refractivity contribution >= 4 is 5.69 Å². The maximum Gasteiger partial charge on any atom is 0.119 e. The van der Waals surface area contributed by atoms with Crippen molar-refractivity contribution in [1.82, 2.24) is 4.90 Å². The number of methoxy groups -OCH3 is 1. The van der Waals surface area contributed by atoms with Crippen LogP contribution in [0.15, 0.2) is 24.3 Å². The smallest absolute Gasteiger partial charge is 0.119 e. The normalized spacial score (nSPS) is 30.0. The van der Waals surface area contributed by atoms with Gasteiger partial charge in [0, 0.05) is 44.0 Å². The Morgan fingerprint density at radius 2 is 1.76 bits per heavy atom. The quantitative estimate of drug-likeness (QED) is 0.920. The van der Waals surface area contributed by atoms with Crippen molar-refractivity contribution in [3.8, 4) is 5.75 Å². The molecule has 21 heavy (non-hydrogen) atoms. The molecule has 1 heterocycles. The van der Waals surface area contributed by atoms with E-state index in [-0.39, 0.29) is 0 Å². The average molecular weight is 289 g/mol. The minimum Gasteiger partial charge on any atom is -0.497 e. The molecule has 116 valence electrons. The third-order valence-corrected chi connectivity index (χ3v) is 5.22. The maximum atomic E-state index is 6.07. The van der Waals surface area contributed by atoms with Gasteiger partial charge in [0.15, 0.2) is 0 Å². The number of ether oxygens (including phenoxy) is 1. The fraction of sp³-hybridized carbons (Fsp3) is 0.647. The van der Waals surface area contributed by atoms with Crippen LogP contribution in [0.2, 0.25) is 0 Å². The molecule has 0 unspecified atom stereocenters. The third-order valence-electron chi connectivity index (χ3n) is 5.22. The number of benzene rings is 1.